The zero-order chi connectivity index (χ0) is 6.97. The molecule has 0 aromatic rings. The molecule has 10 heavy (non-hydrogen) atoms. The fraction of sp³-hybridized carbons (Fsp3) is 1.00. The lowest BCUT2D eigenvalue weighted by Gasteiger charge is -2.29. The quantitative estimate of drug-likeness (QED) is 0.511. The first-order valence-electron chi connectivity index (χ1n) is 4.21. The Kier molecular flexibility index (Phi) is 1.66. The Balaban J connectivity index is 1.84. The Morgan fingerprint density at radius 3 is 2.80 bits per heavy atom. The van der Waals surface area contributed by atoms with Gasteiger partial charge in [-0.05, 0) is 25.8 Å². The van der Waals surface area contributed by atoms with E-state index in [2.05, 4.69) is 17.3 Å². The molecule has 0 spiro atoms. The van der Waals surface area contributed by atoms with Crippen molar-refractivity contribution in [1.82, 2.24) is 10.2 Å². The highest BCUT2D eigenvalue weighted by molar-refractivity contribution is 4.90. The molecular formula is C8H15N2. The molecule has 1 aliphatic heterocycles. The van der Waals surface area contributed by atoms with Crippen LogP contribution in [0.25, 0.3) is 0 Å². The molecule has 2 fully saturated rings. The predicted molar refractivity (Wildman–Crippen MR) is 41.0 cm³/mol. The van der Waals surface area contributed by atoms with Gasteiger partial charge < -0.3 is 4.90 Å². The van der Waals surface area contributed by atoms with Gasteiger partial charge in [-0.3, -0.25) is 0 Å². The second kappa shape index (κ2) is 2.51. The van der Waals surface area contributed by atoms with Crippen LogP contribution in [0.2, 0.25) is 0 Å². The van der Waals surface area contributed by atoms with Crippen LogP contribution in [0, 0.1) is 5.92 Å². The van der Waals surface area contributed by atoms with Crippen LogP contribution in [0.4, 0.5) is 0 Å². The zero-order valence-electron chi connectivity index (χ0n) is 6.58. The Morgan fingerprint density at radius 2 is 2.20 bits per heavy atom. The van der Waals surface area contributed by atoms with Gasteiger partial charge in [0.15, 0.2) is 0 Å². The first-order valence-corrected chi connectivity index (χ1v) is 4.21. The van der Waals surface area contributed by atoms with Crippen molar-refractivity contribution >= 4 is 0 Å². The summed E-state index contributed by atoms with van der Waals surface area (Å²) in [6.45, 7) is 3.45. The van der Waals surface area contributed by atoms with Crippen LogP contribution in [0.5, 0.6) is 0 Å². The fourth-order valence-electron chi connectivity index (χ4n) is 1.64. The predicted octanol–water partition coefficient (Wildman–Crippen LogP) is 0.315. The molecule has 1 aliphatic carbocycles. The SMILES string of the molecule is CN1CC[N]C(C2CC2)C1. The number of piperazine rings is 1. The lowest BCUT2D eigenvalue weighted by Crippen LogP contribution is -2.46. The van der Waals surface area contributed by atoms with E-state index in [0.717, 1.165) is 12.5 Å². The Bertz CT molecular complexity index is 120. The Labute approximate surface area is 62.6 Å². The van der Waals surface area contributed by atoms with Crippen molar-refractivity contribution in [2.75, 3.05) is 26.7 Å². The van der Waals surface area contributed by atoms with Gasteiger partial charge in [-0.2, -0.15) is 0 Å². The van der Waals surface area contributed by atoms with Gasteiger partial charge in [0.1, 0.15) is 0 Å². The van der Waals surface area contributed by atoms with Gasteiger partial charge in [-0.25, -0.2) is 5.32 Å². The van der Waals surface area contributed by atoms with Crippen molar-refractivity contribution in [1.29, 1.82) is 0 Å². The van der Waals surface area contributed by atoms with E-state index >= 15 is 0 Å². The number of rotatable bonds is 1. The van der Waals surface area contributed by atoms with Crippen LogP contribution in [-0.4, -0.2) is 37.6 Å². The second-order valence-corrected chi connectivity index (χ2v) is 3.57. The van der Waals surface area contributed by atoms with Gasteiger partial charge in [0.25, 0.3) is 0 Å². The van der Waals surface area contributed by atoms with E-state index in [1.165, 1.54) is 25.9 Å². The molecule has 1 saturated carbocycles. The van der Waals surface area contributed by atoms with Gasteiger partial charge in [0.2, 0.25) is 0 Å². The number of hydrogen-bond donors (Lipinski definition) is 0. The lowest BCUT2D eigenvalue weighted by molar-refractivity contribution is 0.220. The first kappa shape index (κ1) is 6.62. The maximum atomic E-state index is 4.60. The number of hydrogen-bond acceptors (Lipinski definition) is 1. The third kappa shape index (κ3) is 1.32. The van der Waals surface area contributed by atoms with Crippen LogP contribution < -0.4 is 5.32 Å². The summed E-state index contributed by atoms with van der Waals surface area (Å²) in [6, 6.07) is 0.693. The summed E-state index contributed by atoms with van der Waals surface area (Å²) in [5.41, 5.74) is 0. The normalized spacial score (nSPS) is 36.3. The molecule has 2 aliphatic rings. The molecule has 0 aromatic heterocycles. The van der Waals surface area contributed by atoms with Crippen molar-refractivity contribution in [3.63, 3.8) is 0 Å². The zero-order valence-corrected chi connectivity index (χ0v) is 6.58. The van der Waals surface area contributed by atoms with Gasteiger partial charge in [-0.15, -0.1) is 0 Å². The molecule has 1 saturated heterocycles. The molecule has 1 atom stereocenters. The van der Waals surface area contributed by atoms with Crippen molar-refractivity contribution < 1.29 is 0 Å². The number of nitrogens with zero attached hydrogens (tertiary/aromatic N) is 2. The molecule has 0 aromatic carbocycles. The van der Waals surface area contributed by atoms with E-state index in [1.54, 1.807) is 0 Å². The largest absolute Gasteiger partial charge is 0.303 e. The Hall–Kier alpha value is -0.0800. The van der Waals surface area contributed by atoms with Crippen molar-refractivity contribution in [2.45, 2.75) is 18.9 Å². The lowest BCUT2D eigenvalue weighted by atomic mass is 10.1. The van der Waals surface area contributed by atoms with Crippen molar-refractivity contribution in [3.05, 3.63) is 0 Å². The van der Waals surface area contributed by atoms with E-state index in [9.17, 15) is 0 Å². The van der Waals surface area contributed by atoms with Crippen LogP contribution in [0.1, 0.15) is 12.8 Å². The summed E-state index contributed by atoms with van der Waals surface area (Å²) >= 11 is 0. The molecule has 0 amide bonds. The fourth-order valence-corrected chi connectivity index (χ4v) is 1.64. The smallest absolute Gasteiger partial charge is 0.0401 e. The van der Waals surface area contributed by atoms with Crippen LogP contribution >= 0.6 is 0 Å². The summed E-state index contributed by atoms with van der Waals surface area (Å²) in [6.07, 6.45) is 2.87. The maximum Gasteiger partial charge on any atom is 0.0401 e. The third-order valence-corrected chi connectivity index (χ3v) is 2.51. The Morgan fingerprint density at radius 1 is 1.40 bits per heavy atom. The summed E-state index contributed by atoms with van der Waals surface area (Å²) in [7, 11) is 2.20. The molecule has 57 valence electrons. The molecule has 1 heterocycles. The highest BCUT2D eigenvalue weighted by Gasteiger charge is 2.33. The minimum atomic E-state index is 0.693. The van der Waals surface area contributed by atoms with Gasteiger partial charge in [0, 0.05) is 25.7 Å². The van der Waals surface area contributed by atoms with Crippen LogP contribution in [0.3, 0.4) is 0 Å². The van der Waals surface area contributed by atoms with Gasteiger partial charge in [-0.1, -0.05) is 0 Å². The molecule has 2 rings (SSSR count). The summed E-state index contributed by atoms with van der Waals surface area (Å²) in [4.78, 5) is 2.40. The van der Waals surface area contributed by atoms with E-state index in [1.807, 2.05) is 0 Å². The van der Waals surface area contributed by atoms with E-state index in [0.29, 0.717) is 6.04 Å². The molecule has 0 N–H and O–H groups in total. The molecule has 0 bridgehead atoms. The minimum absolute atomic E-state index is 0.693. The third-order valence-electron chi connectivity index (χ3n) is 2.51. The van der Waals surface area contributed by atoms with Crippen LogP contribution in [0.15, 0.2) is 0 Å². The summed E-state index contributed by atoms with van der Waals surface area (Å²) in [5, 5.41) is 4.60. The second-order valence-electron chi connectivity index (χ2n) is 3.57. The average Bonchev–Trinajstić information content (AvgIpc) is 2.68. The molecule has 1 unspecified atom stereocenters. The van der Waals surface area contributed by atoms with Crippen molar-refractivity contribution in [3.8, 4) is 0 Å². The number of likely N-dealkylation sites (N-methyl/N-ethyl adjacent to an activating group) is 1. The van der Waals surface area contributed by atoms with Crippen molar-refractivity contribution in [2.24, 2.45) is 5.92 Å². The summed E-state index contributed by atoms with van der Waals surface area (Å²) in [5.74, 6) is 0.961. The molecular weight excluding hydrogens is 124 g/mol. The molecule has 2 nitrogen and oxygen atoms in total. The highest BCUT2D eigenvalue weighted by atomic mass is 15.2. The van der Waals surface area contributed by atoms with Gasteiger partial charge >= 0.3 is 0 Å². The topological polar surface area (TPSA) is 17.3 Å². The van der Waals surface area contributed by atoms with E-state index in [-0.39, 0.29) is 0 Å². The molecule has 1 radical (unpaired) electrons. The standard InChI is InChI=1S/C8H15N2/c1-10-5-4-9-8(6-10)7-2-3-7/h7-8H,2-6H2,1H3. The van der Waals surface area contributed by atoms with E-state index < -0.39 is 0 Å². The maximum absolute atomic E-state index is 4.60. The average molecular weight is 139 g/mol. The van der Waals surface area contributed by atoms with Crippen LogP contribution in [-0.2, 0) is 0 Å². The molecule has 2 heteroatoms. The minimum Gasteiger partial charge on any atom is -0.303 e. The first-order chi connectivity index (χ1) is 4.86. The summed E-state index contributed by atoms with van der Waals surface area (Å²) < 4.78 is 0. The monoisotopic (exact) mass is 139 g/mol. The van der Waals surface area contributed by atoms with E-state index in [4.69, 9.17) is 0 Å². The van der Waals surface area contributed by atoms with Gasteiger partial charge in [0.05, 0.1) is 0 Å². The highest BCUT2D eigenvalue weighted by Crippen LogP contribution is 2.33.